The number of hydrogen-bond acceptors (Lipinski definition) is 4. The van der Waals surface area contributed by atoms with Gasteiger partial charge < -0.3 is 14.4 Å². The first kappa shape index (κ1) is 16.5. The lowest BCUT2D eigenvalue weighted by molar-refractivity contribution is 0.122. The molecule has 0 amide bonds. The van der Waals surface area contributed by atoms with Crippen LogP contribution < -0.4 is 9.64 Å². The highest BCUT2D eigenvalue weighted by Crippen LogP contribution is 2.26. The number of nitrogens with zero attached hydrogens (tertiary/aromatic N) is 2. The third-order valence-corrected chi connectivity index (χ3v) is 4.30. The molecule has 0 aromatic heterocycles. The zero-order valence-corrected chi connectivity index (χ0v) is 14.6. The Balaban J connectivity index is 1.85. The predicted octanol–water partition coefficient (Wildman–Crippen LogP) is 3.90. The van der Waals surface area contributed by atoms with E-state index in [4.69, 9.17) is 9.47 Å². The summed E-state index contributed by atoms with van der Waals surface area (Å²) in [7, 11) is 1.70. The van der Waals surface area contributed by atoms with Crippen LogP contribution in [0, 0.1) is 13.8 Å². The van der Waals surface area contributed by atoms with Crippen molar-refractivity contribution in [1.82, 2.24) is 0 Å². The molecule has 126 valence electrons. The number of aryl methyl sites for hydroxylation is 2. The van der Waals surface area contributed by atoms with E-state index < -0.39 is 0 Å². The van der Waals surface area contributed by atoms with E-state index in [9.17, 15) is 0 Å². The average Bonchev–Trinajstić information content (AvgIpc) is 2.63. The van der Waals surface area contributed by atoms with E-state index in [0.717, 1.165) is 43.3 Å². The van der Waals surface area contributed by atoms with Crippen LogP contribution in [0.2, 0.25) is 0 Å². The Morgan fingerprint density at radius 2 is 1.88 bits per heavy atom. The van der Waals surface area contributed by atoms with Crippen molar-refractivity contribution in [2.24, 2.45) is 4.99 Å². The Labute approximate surface area is 143 Å². The molecule has 0 spiro atoms. The lowest BCUT2D eigenvalue weighted by Gasteiger charge is -2.29. The van der Waals surface area contributed by atoms with Gasteiger partial charge in [0, 0.05) is 36.6 Å². The Bertz CT molecular complexity index is 734. The Morgan fingerprint density at radius 3 is 2.62 bits per heavy atom. The van der Waals surface area contributed by atoms with Crippen LogP contribution in [0.15, 0.2) is 41.4 Å². The molecular formula is C20H24N2O2. The highest BCUT2D eigenvalue weighted by atomic mass is 16.5. The summed E-state index contributed by atoms with van der Waals surface area (Å²) in [5.41, 5.74) is 5.52. The number of benzene rings is 2. The maximum absolute atomic E-state index is 5.57. The van der Waals surface area contributed by atoms with Crippen LogP contribution in [-0.2, 0) is 4.74 Å². The maximum Gasteiger partial charge on any atom is 0.129 e. The fourth-order valence-electron chi connectivity index (χ4n) is 2.82. The standard InChI is InChI=1S/C20H24N2O2/c1-15-4-5-16(2)19(12-15)21-14-17-6-7-18(13-20(17)23-3)22-8-10-24-11-9-22/h4-7,12-14H,8-11H2,1-3H3. The minimum absolute atomic E-state index is 0.776. The van der Waals surface area contributed by atoms with Crippen molar-refractivity contribution >= 4 is 17.6 Å². The van der Waals surface area contributed by atoms with Crippen LogP contribution in [0.4, 0.5) is 11.4 Å². The zero-order valence-electron chi connectivity index (χ0n) is 14.6. The summed E-state index contributed by atoms with van der Waals surface area (Å²) in [6, 6.07) is 12.6. The van der Waals surface area contributed by atoms with Crippen LogP contribution in [0.25, 0.3) is 0 Å². The van der Waals surface area contributed by atoms with Crippen molar-refractivity contribution in [3.63, 3.8) is 0 Å². The van der Waals surface area contributed by atoms with E-state index in [0.29, 0.717) is 0 Å². The topological polar surface area (TPSA) is 34.1 Å². The van der Waals surface area contributed by atoms with Crippen molar-refractivity contribution in [1.29, 1.82) is 0 Å². The van der Waals surface area contributed by atoms with Gasteiger partial charge in [-0.3, -0.25) is 4.99 Å². The number of hydrogen-bond donors (Lipinski definition) is 0. The lowest BCUT2D eigenvalue weighted by atomic mass is 10.1. The predicted molar refractivity (Wildman–Crippen MR) is 99.2 cm³/mol. The maximum atomic E-state index is 5.57. The minimum Gasteiger partial charge on any atom is -0.496 e. The summed E-state index contributed by atoms with van der Waals surface area (Å²) < 4.78 is 11.0. The van der Waals surface area contributed by atoms with Crippen LogP contribution >= 0.6 is 0 Å². The largest absolute Gasteiger partial charge is 0.496 e. The molecule has 0 N–H and O–H groups in total. The number of rotatable bonds is 4. The van der Waals surface area contributed by atoms with E-state index in [1.807, 2.05) is 6.21 Å². The van der Waals surface area contributed by atoms with Crippen molar-refractivity contribution in [3.05, 3.63) is 53.1 Å². The molecule has 1 fully saturated rings. The highest BCUT2D eigenvalue weighted by Gasteiger charge is 2.13. The van der Waals surface area contributed by atoms with Crippen LogP contribution in [0.5, 0.6) is 5.75 Å². The number of ether oxygens (including phenoxy) is 2. The Morgan fingerprint density at radius 1 is 1.08 bits per heavy atom. The number of morpholine rings is 1. The van der Waals surface area contributed by atoms with Gasteiger partial charge in [-0.05, 0) is 43.2 Å². The fraction of sp³-hybridized carbons (Fsp3) is 0.350. The summed E-state index contributed by atoms with van der Waals surface area (Å²) in [6.45, 7) is 7.54. The van der Waals surface area contributed by atoms with Gasteiger partial charge in [0.05, 0.1) is 26.0 Å². The summed E-state index contributed by atoms with van der Waals surface area (Å²) in [6.07, 6.45) is 1.88. The lowest BCUT2D eigenvalue weighted by Crippen LogP contribution is -2.36. The SMILES string of the molecule is COc1cc(N2CCOCC2)ccc1C=Nc1cc(C)ccc1C. The van der Waals surface area contributed by atoms with E-state index in [2.05, 4.69) is 60.1 Å². The second-order valence-electron chi connectivity index (χ2n) is 6.07. The molecule has 2 aromatic carbocycles. The van der Waals surface area contributed by atoms with Gasteiger partial charge in [-0.2, -0.15) is 0 Å². The average molecular weight is 324 g/mol. The van der Waals surface area contributed by atoms with Gasteiger partial charge in [-0.25, -0.2) is 0 Å². The number of anilines is 1. The molecule has 24 heavy (non-hydrogen) atoms. The van der Waals surface area contributed by atoms with E-state index in [1.165, 1.54) is 16.8 Å². The fourth-order valence-corrected chi connectivity index (χ4v) is 2.82. The van der Waals surface area contributed by atoms with E-state index >= 15 is 0 Å². The van der Waals surface area contributed by atoms with Gasteiger partial charge in [0.1, 0.15) is 5.75 Å². The third-order valence-electron chi connectivity index (χ3n) is 4.30. The first-order chi connectivity index (χ1) is 11.7. The molecule has 0 radical (unpaired) electrons. The molecule has 3 rings (SSSR count). The first-order valence-corrected chi connectivity index (χ1v) is 8.29. The summed E-state index contributed by atoms with van der Waals surface area (Å²) in [4.78, 5) is 6.97. The minimum atomic E-state index is 0.776. The van der Waals surface area contributed by atoms with Crippen LogP contribution in [0.1, 0.15) is 16.7 Å². The highest BCUT2D eigenvalue weighted by molar-refractivity contribution is 5.86. The van der Waals surface area contributed by atoms with Gasteiger partial charge in [-0.15, -0.1) is 0 Å². The normalized spacial score (nSPS) is 15.0. The molecule has 0 aliphatic carbocycles. The molecule has 4 heteroatoms. The smallest absolute Gasteiger partial charge is 0.129 e. The zero-order chi connectivity index (χ0) is 16.9. The molecule has 1 heterocycles. The first-order valence-electron chi connectivity index (χ1n) is 8.29. The molecule has 0 bridgehead atoms. The molecule has 0 atom stereocenters. The molecule has 2 aromatic rings. The molecular weight excluding hydrogens is 300 g/mol. The Kier molecular flexibility index (Phi) is 5.16. The van der Waals surface area contributed by atoms with Crippen molar-refractivity contribution in [2.75, 3.05) is 38.3 Å². The Hall–Kier alpha value is -2.33. The van der Waals surface area contributed by atoms with E-state index in [-0.39, 0.29) is 0 Å². The third kappa shape index (κ3) is 3.77. The van der Waals surface area contributed by atoms with Gasteiger partial charge in [0.15, 0.2) is 0 Å². The second kappa shape index (κ2) is 7.49. The van der Waals surface area contributed by atoms with Crippen molar-refractivity contribution in [2.45, 2.75) is 13.8 Å². The summed E-state index contributed by atoms with van der Waals surface area (Å²) >= 11 is 0. The number of aliphatic imine (C=N–C) groups is 1. The van der Waals surface area contributed by atoms with Crippen LogP contribution in [0.3, 0.4) is 0 Å². The molecule has 1 aliphatic rings. The van der Waals surface area contributed by atoms with Gasteiger partial charge in [0.2, 0.25) is 0 Å². The number of methoxy groups -OCH3 is 1. The van der Waals surface area contributed by atoms with Gasteiger partial charge in [-0.1, -0.05) is 12.1 Å². The second-order valence-corrected chi connectivity index (χ2v) is 6.07. The van der Waals surface area contributed by atoms with Crippen LogP contribution in [-0.4, -0.2) is 39.6 Å². The van der Waals surface area contributed by atoms with Crippen molar-refractivity contribution < 1.29 is 9.47 Å². The quantitative estimate of drug-likeness (QED) is 0.800. The van der Waals surface area contributed by atoms with E-state index in [1.54, 1.807) is 7.11 Å². The van der Waals surface area contributed by atoms with Crippen molar-refractivity contribution in [3.8, 4) is 5.75 Å². The molecule has 1 saturated heterocycles. The van der Waals surface area contributed by atoms with Gasteiger partial charge >= 0.3 is 0 Å². The monoisotopic (exact) mass is 324 g/mol. The van der Waals surface area contributed by atoms with Gasteiger partial charge in [0.25, 0.3) is 0 Å². The molecule has 4 nitrogen and oxygen atoms in total. The molecule has 0 unspecified atom stereocenters. The molecule has 1 aliphatic heterocycles. The summed E-state index contributed by atoms with van der Waals surface area (Å²) in [5, 5.41) is 0. The molecule has 0 saturated carbocycles. The summed E-state index contributed by atoms with van der Waals surface area (Å²) in [5.74, 6) is 0.841.